The quantitative estimate of drug-likeness (QED) is 0.0742. The molecule has 3 rings (SSSR count). The summed E-state index contributed by atoms with van der Waals surface area (Å²) in [6.07, 6.45) is 20.9. The zero-order valence-electron chi connectivity index (χ0n) is 26.5. The number of carboxylic acids is 1. The zero-order chi connectivity index (χ0) is 31.2. The third-order valence-electron chi connectivity index (χ3n) is 10.3. The summed E-state index contributed by atoms with van der Waals surface area (Å²) in [6, 6.07) is 0. The van der Waals surface area contributed by atoms with E-state index in [1.165, 1.54) is 19.3 Å². The van der Waals surface area contributed by atoms with E-state index in [4.69, 9.17) is 5.73 Å². The molecule has 0 aromatic carbocycles. The second-order valence-corrected chi connectivity index (χ2v) is 13.8. The third-order valence-corrected chi connectivity index (χ3v) is 10.3. The van der Waals surface area contributed by atoms with E-state index < -0.39 is 23.6 Å². The molecule has 3 aliphatic rings. The van der Waals surface area contributed by atoms with E-state index in [0.717, 1.165) is 56.9 Å². The number of nitrogens with one attached hydrogen (secondary N) is 1. The van der Waals surface area contributed by atoms with Crippen molar-refractivity contribution in [1.82, 2.24) is 5.32 Å². The molecule has 0 bridgehead atoms. The lowest BCUT2D eigenvalue weighted by Gasteiger charge is -2.28. The number of dihydropyridines is 1. The Bertz CT molecular complexity index is 935. The first-order valence-corrected chi connectivity index (χ1v) is 17.1. The predicted molar refractivity (Wildman–Crippen MR) is 171 cm³/mol. The molecule has 0 saturated heterocycles. The fourth-order valence-electron chi connectivity index (χ4n) is 7.75. The van der Waals surface area contributed by atoms with Crippen molar-refractivity contribution >= 4 is 5.97 Å². The second-order valence-electron chi connectivity index (χ2n) is 13.8. The van der Waals surface area contributed by atoms with E-state index in [2.05, 4.69) is 30.5 Å². The van der Waals surface area contributed by atoms with E-state index in [0.29, 0.717) is 50.4 Å². The summed E-state index contributed by atoms with van der Waals surface area (Å²) in [5.74, 6) is 0.00428. The highest BCUT2D eigenvalue weighted by atomic mass is 16.4. The van der Waals surface area contributed by atoms with Crippen LogP contribution in [-0.2, 0) is 4.79 Å². The van der Waals surface area contributed by atoms with Gasteiger partial charge in [-0.05, 0) is 100 Å². The van der Waals surface area contributed by atoms with Gasteiger partial charge < -0.3 is 36.6 Å². The number of rotatable bonds is 20. The number of hydrogen-bond acceptors (Lipinski definition) is 7. The van der Waals surface area contributed by atoms with Gasteiger partial charge in [0, 0.05) is 19.1 Å². The van der Waals surface area contributed by atoms with Gasteiger partial charge in [-0.1, -0.05) is 63.7 Å². The first-order valence-electron chi connectivity index (χ1n) is 17.1. The Hall–Kier alpha value is -1.87. The minimum Gasteiger partial charge on any atom is -0.481 e. The summed E-state index contributed by atoms with van der Waals surface area (Å²) in [5, 5.41) is 55.4. The van der Waals surface area contributed by atoms with Crippen molar-refractivity contribution in [2.45, 2.75) is 134 Å². The zero-order valence-corrected chi connectivity index (χ0v) is 26.5. The van der Waals surface area contributed by atoms with Crippen LogP contribution >= 0.6 is 0 Å². The molecule has 0 amide bonds. The van der Waals surface area contributed by atoms with E-state index in [-0.39, 0.29) is 36.9 Å². The lowest BCUT2D eigenvalue weighted by Crippen LogP contribution is -2.32. The monoisotopic (exact) mass is 604 g/mol. The molecule has 8 heteroatoms. The fraction of sp³-hybridized carbons (Fsp3) is 0.800. The van der Waals surface area contributed by atoms with Crippen molar-refractivity contribution < 1.29 is 30.3 Å². The summed E-state index contributed by atoms with van der Waals surface area (Å²) in [5.41, 5.74) is 6.17. The Balaban J connectivity index is 1.42. The van der Waals surface area contributed by atoms with Gasteiger partial charge in [-0.3, -0.25) is 4.79 Å². The van der Waals surface area contributed by atoms with Crippen molar-refractivity contribution in [3.8, 4) is 0 Å². The van der Waals surface area contributed by atoms with Crippen LogP contribution in [0.3, 0.4) is 0 Å². The molecule has 1 fully saturated rings. The molecule has 8 N–H and O–H groups in total. The van der Waals surface area contributed by atoms with Crippen LogP contribution in [0, 0.1) is 29.6 Å². The van der Waals surface area contributed by atoms with Gasteiger partial charge >= 0.3 is 5.97 Å². The van der Waals surface area contributed by atoms with Gasteiger partial charge in [-0.25, -0.2) is 0 Å². The molecule has 43 heavy (non-hydrogen) atoms. The van der Waals surface area contributed by atoms with Crippen molar-refractivity contribution in [2.75, 3.05) is 13.2 Å². The molecule has 0 aromatic rings. The van der Waals surface area contributed by atoms with Crippen LogP contribution in [0.1, 0.15) is 116 Å². The maximum Gasteiger partial charge on any atom is 0.309 e. The number of carbonyl (C=O) groups is 1. The predicted octanol–water partition coefficient (Wildman–Crippen LogP) is 5.16. The highest BCUT2D eigenvalue weighted by Gasteiger charge is 2.44. The summed E-state index contributed by atoms with van der Waals surface area (Å²) >= 11 is 0. The smallest absolute Gasteiger partial charge is 0.309 e. The normalized spacial score (nSPS) is 30.4. The van der Waals surface area contributed by atoms with Crippen LogP contribution < -0.4 is 11.1 Å². The van der Waals surface area contributed by atoms with Gasteiger partial charge in [0.25, 0.3) is 0 Å². The van der Waals surface area contributed by atoms with Gasteiger partial charge in [0.15, 0.2) is 0 Å². The molecule has 8 atom stereocenters. The van der Waals surface area contributed by atoms with Crippen LogP contribution in [0.4, 0.5) is 0 Å². The number of nitrogens with two attached hydrogens (primary N) is 1. The number of allylic oxidation sites excluding steroid dienone is 3. The first-order chi connectivity index (χ1) is 20.6. The van der Waals surface area contributed by atoms with Gasteiger partial charge in [0.2, 0.25) is 0 Å². The fourth-order valence-corrected chi connectivity index (χ4v) is 7.75. The van der Waals surface area contributed by atoms with Gasteiger partial charge in [0.1, 0.15) is 0 Å². The van der Waals surface area contributed by atoms with Crippen LogP contribution in [-0.4, -0.2) is 62.5 Å². The maximum absolute atomic E-state index is 12.1. The Morgan fingerprint density at radius 2 is 1.81 bits per heavy atom. The molecular weight excluding hydrogens is 544 g/mol. The van der Waals surface area contributed by atoms with Crippen LogP contribution in [0.15, 0.2) is 35.7 Å². The molecule has 0 spiro atoms. The van der Waals surface area contributed by atoms with Gasteiger partial charge in [-0.2, -0.15) is 0 Å². The standard InChI is InChI=1S/C35H60N2O6/c1-2-3-5-9-25-13-14-27(32(40)21-25)10-6-4-7-12-30(34(41)42)31(39)15-17-35(43)23-28(11-8-19-38)29(24-35)20-26-16-18-37-33(36)22-26/h13-14,16,22,25,27-32,37-40,43H,2-12,15,17-21,23-24,36H2,1H3,(H,41,42)/t25-,27-,28-,29-,30+,31-,32-,35+/m1/s1. The second kappa shape index (κ2) is 18.2. The Morgan fingerprint density at radius 3 is 2.51 bits per heavy atom. The van der Waals surface area contributed by atoms with Gasteiger partial charge in [-0.15, -0.1) is 0 Å². The number of hydrogen-bond donors (Lipinski definition) is 7. The van der Waals surface area contributed by atoms with E-state index in [1.54, 1.807) is 0 Å². The van der Waals surface area contributed by atoms with Crippen LogP contribution in [0.25, 0.3) is 0 Å². The maximum atomic E-state index is 12.1. The molecular formula is C35H60N2O6. The van der Waals surface area contributed by atoms with Crippen LogP contribution in [0.2, 0.25) is 0 Å². The molecule has 2 aliphatic carbocycles. The number of aliphatic hydroxyl groups excluding tert-OH is 3. The van der Waals surface area contributed by atoms with Crippen molar-refractivity contribution in [2.24, 2.45) is 35.3 Å². The highest BCUT2D eigenvalue weighted by molar-refractivity contribution is 5.70. The van der Waals surface area contributed by atoms with Crippen molar-refractivity contribution in [3.63, 3.8) is 0 Å². The Kier molecular flexibility index (Phi) is 15.1. The van der Waals surface area contributed by atoms with E-state index in [1.807, 2.05) is 6.08 Å². The number of aliphatic carboxylic acids is 1. The number of unbranched alkanes of at least 4 members (excludes halogenated alkanes) is 4. The summed E-state index contributed by atoms with van der Waals surface area (Å²) in [6.45, 7) is 3.02. The Labute approximate surface area is 259 Å². The lowest BCUT2D eigenvalue weighted by atomic mass is 9.81. The van der Waals surface area contributed by atoms with Crippen LogP contribution in [0.5, 0.6) is 0 Å². The molecule has 246 valence electrons. The third kappa shape index (κ3) is 11.9. The number of carboxylic acid groups (broad SMARTS) is 1. The topological polar surface area (TPSA) is 156 Å². The average molecular weight is 605 g/mol. The van der Waals surface area contributed by atoms with Crippen molar-refractivity contribution in [3.05, 3.63) is 35.7 Å². The van der Waals surface area contributed by atoms with E-state index >= 15 is 0 Å². The molecule has 1 heterocycles. The first kappa shape index (κ1) is 35.6. The minimum absolute atomic E-state index is 0.123. The molecule has 1 aliphatic heterocycles. The summed E-state index contributed by atoms with van der Waals surface area (Å²) in [7, 11) is 0. The minimum atomic E-state index is -1.00. The van der Waals surface area contributed by atoms with Gasteiger partial charge in [0.05, 0.1) is 29.5 Å². The summed E-state index contributed by atoms with van der Waals surface area (Å²) < 4.78 is 0. The van der Waals surface area contributed by atoms with E-state index in [9.17, 15) is 30.3 Å². The largest absolute Gasteiger partial charge is 0.481 e. The molecule has 1 saturated carbocycles. The van der Waals surface area contributed by atoms with Crippen molar-refractivity contribution in [1.29, 1.82) is 0 Å². The molecule has 0 aromatic heterocycles. The Morgan fingerprint density at radius 1 is 1.05 bits per heavy atom. The number of aliphatic hydroxyl groups is 4. The lowest BCUT2D eigenvalue weighted by molar-refractivity contribution is -0.146. The highest BCUT2D eigenvalue weighted by Crippen LogP contribution is 2.47. The molecule has 0 radical (unpaired) electrons. The molecule has 0 unspecified atom stereocenters. The molecule has 8 nitrogen and oxygen atoms in total. The average Bonchev–Trinajstić information content (AvgIpc) is 3.28. The summed E-state index contributed by atoms with van der Waals surface area (Å²) in [4.78, 5) is 12.1. The SMILES string of the molecule is CCCCC[C@@H]1C=C[C@@H](CCCCC[C@H](C(=O)O)[C@H](O)CC[C@]2(O)C[C@@H](CCCO)[C@H](CC3=CCNC(N)=C3)C2)[C@H](O)C1.